The van der Waals surface area contributed by atoms with E-state index < -0.39 is 0 Å². The van der Waals surface area contributed by atoms with Gasteiger partial charge in [0.15, 0.2) is 6.61 Å². The van der Waals surface area contributed by atoms with E-state index in [9.17, 15) is 4.79 Å². The maximum Gasteiger partial charge on any atom is 0.257 e. The first-order valence-corrected chi connectivity index (χ1v) is 15.9. The normalized spacial score (nSPS) is 12.9. The van der Waals surface area contributed by atoms with Gasteiger partial charge in [-0.25, -0.2) is 0 Å². The lowest BCUT2D eigenvalue weighted by atomic mass is 10.0. The van der Waals surface area contributed by atoms with Crippen molar-refractivity contribution in [1.82, 2.24) is 10.2 Å². The van der Waals surface area contributed by atoms with Crippen molar-refractivity contribution in [2.24, 2.45) is 0 Å². The molecule has 220 valence electrons. The molecule has 0 radical (unpaired) electrons. The van der Waals surface area contributed by atoms with Crippen LogP contribution in [0.25, 0.3) is 0 Å². The first-order chi connectivity index (χ1) is 19.1. The third-order valence-electron chi connectivity index (χ3n) is 7.27. The molecule has 1 heterocycles. The van der Waals surface area contributed by atoms with E-state index >= 15 is 0 Å². The van der Waals surface area contributed by atoms with Crippen molar-refractivity contribution in [3.63, 3.8) is 0 Å². The number of carbonyl (C=O) groups excluding carboxylic acids is 1. The van der Waals surface area contributed by atoms with Crippen LogP contribution in [0, 0.1) is 0 Å². The molecular formula is C33H53ClN2O3. The van der Waals surface area contributed by atoms with Crippen LogP contribution in [0.3, 0.4) is 0 Å². The molecule has 0 spiro atoms. The van der Waals surface area contributed by atoms with Crippen molar-refractivity contribution in [3.05, 3.63) is 47.1 Å². The Bertz CT molecular complexity index is 855. The molecule has 0 aliphatic carbocycles. The Labute approximate surface area is 243 Å². The number of nitrogens with one attached hydrogen (secondary N) is 1. The van der Waals surface area contributed by atoms with Crippen LogP contribution in [-0.2, 0) is 4.79 Å². The van der Waals surface area contributed by atoms with Crippen molar-refractivity contribution in [2.75, 3.05) is 32.8 Å². The number of likely N-dealkylation sites (N-methyl/N-ethyl adjacent to an activating group) is 1. The van der Waals surface area contributed by atoms with Gasteiger partial charge < -0.3 is 19.7 Å². The highest BCUT2D eigenvalue weighted by molar-refractivity contribution is 6.32. The second-order valence-electron chi connectivity index (χ2n) is 10.6. The van der Waals surface area contributed by atoms with Crippen molar-refractivity contribution in [3.8, 4) is 11.5 Å². The summed E-state index contributed by atoms with van der Waals surface area (Å²) in [4.78, 5) is 14.5. The van der Waals surface area contributed by atoms with Gasteiger partial charge in [0, 0.05) is 37.8 Å². The lowest BCUT2D eigenvalue weighted by Gasteiger charge is -2.27. The Kier molecular flexibility index (Phi) is 18.4. The predicted molar refractivity (Wildman–Crippen MR) is 165 cm³/mol. The fourth-order valence-electron chi connectivity index (χ4n) is 4.86. The number of nitrogens with zero attached hydrogens (tertiary/aromatic N) is 1. The van der Waals surface area contributed by atoms with Gasteiger partial charge in [-0.1, -0.05) is 114 Å². The summed E-state index contributed by atoms with van der Waals surface area (Å²) >= 11 is 6.38. The molecule has 0 fully saturated rings. The van der Waals surface area contributed by atoms with Crippen LogP contribution < -0.4 is 14.8 Å². The molecule has 0 atom stereocenters. The third-order valence-corrected chi connectivity index (χ3v) is 7.57. The maximum atomic E-state index is 12.2. The highest BCUT2D eigenvalue weighted by Gasteiger charge is 2.10. The van der Waals surface area contributed by atoms with Crippen LogP contribution in [-0.4, -0.2) is 43.7 Å². The quantitative estimate of drug-likeness (QED) is 0.136. The van der Waals surface area contributed by atoms with Crippen molar-refractivity contribution >= 4 is 17.5 Å². The number of halogens is 1. The Morgan fingerprint density at radius 2 is 1.54 bits per heavy atom. The zero-order chi connectivity index (χ0) is 28.0. The molecule has 1 aliphatic rings. The summed E-state index contributed by atoms with van der Waals surface area (Å²) in [7, 11) is 0. The van der Waals surface area contributed by atoms with Gasteiger partial charge in [0.2, 0.25) is 0 Å². The average Bonchev–Trinajstić information content (AvgIpc) is 2.95. The summed E-state index contributed by atoms with van der Waals surface area (Å²) in [5.41, 5.74) is 1.25. The fraction of sp³-hybridized carbons (Fsp3) is 0.667. The molecule has 0 bridgehead atoms. The third kappa shape index (κ3) is 15.3. The molecule has 5 nitrogen and oxygen atoms in total. The summed E-state index contributed by atoms with van der Waals surface area (Å²) in [5, 5.41) is 3.44. The van der Waals surface area contributed by atoms with Gasteiger partial charge in [0.1, 0.15) is 11.5 Å². The van der Waals surface area contributed by atoms with Crippen molar-refractivity contribution < 1.29 is 14.3 Å². The van der Waals surface area contributed by atoms with E-state index in [2.05, 4.69) is 42.3 Å². The number of ether oxygens (including phenoxy) is 2. The Morgan fingerprint density at radius 1 is 0.897 bits per heavy atom. The molecule has 1 aromatic carbocycles. The lowest BCUT2D eigenvalue weighted by molar-refractivity contribution is -0.123. The molecule has 0 saturated heterocycles. The van der Waals surface area contributed by atoms with E-state index in [4.69, 9.17) is 21.1 Å². The van der Waals surface area contributed by atoms with Gasteiger partial charge in [-0.15, -0.1) is 0 Å². The summed E-state index contributed by atoms with van der Waals surface area (Å²) in [6.45, 7) is 7.53. The largest absolute Gasteiger partial charge is 0.492 e. The summed E-state index contributed by atoms with van der Waals surface area (Å²) in [5.74, 6) is 1.09. The smallest absolute Gasteiger partial charge is 0.257 e. The summed E-state index contributed by atoms with van der Waals surface area (Å²) < 4.78 is 11.5. The summed E-state index contributed by atoms with van der Waals surface area (Å²) in [6.07, 6.45) is 25.9. The molecule has 1 aliphatic heterocycles. The Balaban J connectivity index is 1.47. The van der Waals surface area contributed by atoms with Crippen LogP contribution in [0.1, 0.15) is 110 Å². The minimum Gasteiger partial charge on any atom is -0.492 e. The van der Waals surface area contributed by atoms with Gasteiger partial charge in [-0.3, -0.25) is 4.79 Å². The first-order valence-electron chi connectivity index (χ1n) is 15.6. The molecule has 0 unspecified atom stereocenters. The van der Waals surface area contributed by atoms with Gasteiger partial charge in [-0.05, 0) is 31.6 Å². The standard InChI is InChI=1S/C33H53ClN2O3/c1-3-5-6-7-8-9-10-11-12-13-14-15-16-19-26-38-32-22-21-30(27-31(32)34)39-28-33(37)35-24-23-29-20-17-18-25-36(29)4-2/h17-18,20-22,27H,3-16,19,23-26,28H2,1-2H3,(H,35,37). The van der Waals surface area contributed by atoms with Gasteiger partial charge in [-0.2, -0.15) is 0 Å². The van der Waals surface area contributed by atoms with E-state index in [1.165, 1.54) is 89.2 Å². The minimum atomic E-state index is -0.140. The summed E-state index contributed by atoms with van der Waals surface area (Å²) in [6, 6.07) is 5.34. The number of amides is 1. The highest BCUT2D eigenvalue weighted by atomic mass is 35.5. The molecule has 0 aromatic heterocycles. The molecule has 1 amide bonds. The second kappa shape index (κ2) is 21.7. The van der Waals surface area contributed by atoms with Crippen LogP contribution in [0.5, 0.6) is 11.5 Å². The number of carbonyl (C=O) groups is 1. The van der Waals surface area contributed by atoms with E-state index in [-0.39, 0.29) is 12.5 Å². The van der Waals surface area contributed by atoms with Crippen molar-refractivity contribution in [1.29, 1.82) is 0 Å². The predicted octanol–water partition coefficient (Wildman–Crippen LogP) is 8.86. The lowest BCUT2D eigenvalue weighted by Crippen LogP contribution is -2.32. The van der Waals surface area contributed by atoms with Gasteiger partial charge >= 0.3 is 0 Å². The highest BCUT2D eigenvalue weighted by Crippen LogP contribution is 2.29. The topological polar surface area (TPSA) is 50.8 Å². The van der Waals surface area contributed by atoms with Gasteiger partial charge in [0.05, 0.1) is 11.6 Å². The number of hydrogen-bond acceptors (Lipinski definition) is 4. The molecular weight excluding hydrogens is 508 g/mol. The number of rotatable bonds is 23. The fourth-order valence-corrected chi connectivity index (χ4v) is 5.09. The van der Waals surface area contributed by atoms with Crippen LogP contribution >= 0.6 is 11.6 Å². The molecule has 0 saturated carbocycles. The number of allylic oxidation sites excluding steroid dienone is 2. The number of hydrogen-bond donors (Lipinski definition) is 1. The molecule has 39 heavy (non-hydrogen) atoms. The molecule has 1 N–H and O–H groups in total. The SMILES string of the molecule is CCCCCCCCCCCCCCCCOc1ccc(OCC(=O)NCCC2=CC=CCN2CC)cc1Cl. The van der Waals surface area contributed by atoms with Crippen LogP contribution in [0.4, 0.5) is 0 Å². The minimum absolute atomic E-state index is 0.0357. The van der Waals surface area contributed by atoms with Crippen molar-refractivity contribution in [2.45, 2.75) is 110 Å². The maximum absolute atomic E-state index is 12.2. The first kappa shape index (κ1) is 33.1. The zero-order valence-corrected chi connectivity index (χ0v) is 25.4. The monoisotopic (exact) mass is 560 g/mol. The second-order valence-corrected chi connectivity index (χ2v) is 11.0. The molecule has 6 heteroatoms. The number of benzene rings is 1. The van der Waals surface area contributed by atoms with Gasteiger partial charge in [0.25, 0.3) is 5.91 Å². The van der Waals surface area contributed by atoms with Crippen LogP contribution in [0.15, 0.2) is 42.1 Å². The number of unbranched alkanes of at least 4 members (excludes halogenated alkanes) is 13. The van der Waals surface area contributed by atoms with E-state index in [0.717, 1.165) is 25.9 Å². The molecule has 2 rings (SSSR count). The van der Waals surface area contributed by atoms with E-state index in [1.807, 2.05) is 6.07 Å². The Morgan fingerprint density at radius 3 is 2.15 bits per heavy atom. The van der Waals surface area contributed by atoms with E-state index in [0.29, 0.717) is 29.7 Å². The van der Waals surface area contributed by atoms with Crippen LogP contribution in [0.2, 0.25) is 5.02 Å². The van der Waals surface area contributed by atoms with E-state index in [1.54, 1.807) is 12.1 Å². The zero-order valence-electron chi connectivity index (χ0n) is 24.7. The average molecular weight is 561 g/mol. The Hall–Kier alpha value is -2.14. The molecule has 1 aromatic rings.